The quantitative estimate of drug-likeness (QED) is 0.130. The average Bonchev–Trinajstić information content (AvgIpc) is 3.89. The summed E-state index contributed by atoms with van der Waals surface area (Å²) >= 11 is 0. The van der Waals surface area contributed by atoms with Crippen molar-refractivity contribution in [1.29, 1.82) is 0 Å². The van der Waals surface area contributed by atoms with E-state index >= 15 is 0 Å². The Bertz CT molecular complexity index is 2200. The molecule has 0 saturated carbocycles. The molecule has 10 heteroatoms. The van der Waals surface area contributed by atoms with Gasteiger partial charge in [-0.15, -0.1) is 0 Å². The first-order chi connectivity index (χ1) is 27.5. The lowest BCUT2D eigenvalue weighted by Crippen LogP contribution is -2.45. The van der Waals surface area contributed by atoms with Crippen LogP contribution in [0.4, 0.5) is 26.3 Å². The molecular formula is C47H36F6N2O2. The third-order valence-corrected chi connectivity index (χ3v) is 10.6. The largest absolute Gasteiger partial charge is 0.469 e. The van der Waals surface area contributed by atoms with Gasteiger partial charge in [0, 0.05) is 0 Å². The highest BCUT2D eigenvalue weighted by Gasteiger charge is 2.55. The lowest BCUT2D eigenvalue weighted by Gasteiger charge is -2.35. The number of ether oxygens (including phenoxy) is 2. The summed E-state index contributed by atoms with van der Waals surface area (Å²) in [6.07, 6.45) is -12.1. The van der Waals surface area contributed by atoms with Crippen LogP contribution in [0.3, 0.4) is 0 Å². The summed E-state index contributed by atoms with van der Waals surface area (Å²) in [6, 6.07) is 45.8. The van der Waals surface area contributed by atoms with E-state index in [4.69, 9.17) is 19.5 Å². The van der Waals surface area contributed by atoms with Crippen LogP contribution >= 0.6 is 0 Å². The molecule has 0 saturated heterocycles. The van der Waals surface area contributed by atoms with Gasteiger partial charge in [0.15, 0.2) is 12.2 Å². The SMILES string of the molecule is FC(F)(F)c1ccccc1CC(Cc1ccccc1C(F)(F)F)(C1=N[C@H](c2ccccc2)[C@H](c2ccccc2)O1)C1=N[C@H](c2ccccc2)[C@H](c2ccccc2)O1. The summed E-state index contributed by atoms with van der Waals surface area (Å²) in [5.41, 5.74) is -1.19. The smallest absolute Gasteiger partial charge is 0.416 e. The van der Waals surface area contributed by atoms with Crippen molar-refractivity contribution in [3.8, 4) is 0 Å². The third-order valence-electron chi connectivity index (χ3n) is 10.6. The molecule has 0 amide bonds. The Morgan fingerprint density at radius 3 is 1.02 bits per heavy atom. The maximum Gasteiger partial charge on any atom is 0.416 e. The molecule has 2 aliphatic heterocycles. The Hall–Kier alpha value is -6.16. The van der Waals surface area contributed by atoms with E-state index in [1.807, 2.05) is 121 Å². The summed E-state index contributed by atoms with van der Waals surface area (Å²) in [5, 5.41) is 0. The highest BCUT2D eigenvalue weighted by atomic mass is 19.4. The normalized spacial score (nSPS) is 19.7. The van der Waals surface area contributed by atoms with Gasteiger partial charge in [0.2, 0.25) is 11.8 Å². The molecule has 6 aromatic carbocycles. The fourth-order valence-corrected chi connectivity index (χ4v) is 7.88. The fraction of sp³-hybridized carbons (Fsp3) is 0.191. The number of benzene rings is 6. The zero-order chi connectivity index (χ0) is 39.6. The molecule has 57 heavy (non-hydrogen) atoms. The Kier molecular flexibility index (Phi) is 10.2. The van der Waals surface area contributed by atoms with E-state index in [0.29, 0.717) is 0 Å². The van der Waals surface area contributed by atoms with Crippen molar-refractivity contribution in [3.63, 3.8) is 0 Å². The maximum absolute atomic E-state index is 14.9. The van der Waals surface area contributed by atoms with E-state index in [9.17, 15) is 26.3 Å². The zero-order valence-electron chi connectivity index (χ0n) is 30.4. The Morgan fingerprint density at radius 2 is 0.684 bits per heavy atom. The average molecular weight is 775 g/mol. The number of aliphatic imine (C=N–C) groups is 2. The van der Waals surface area contributed by atoms with Crippen molar-refractivity contribution >= 4 is 11.8 Å². The van der Waals surface area contributed by atoms with E-state index in [0.717, 1.165) is 34.4 Å². The Morgan fingerprint density at radius 1 is 0.386 bits per heavy atom. The lowest BCUT2D eigenvalue weighted by molar-refractivity contribution is -0.138. The van der Waals surface area contributed by atoms with E-state index in [2.05, 4.69) is 0 Å². The fourth-order valence-electron chi connectivity index (χ4n) is 7.88. The van der Waals surface area contributed by atoms with Gasteiger partial charge in [-0.2, -0.15) is 26.3 Å². The first-order valence-corrected chi connectivity index (χ1v) is 18.5. The molecule has 0 N–H and O–H groups in total. The first kappa shape index (κ1) is 37.7. The van der Waals surface area contributed by atoms with Crippen molar-refractivity contribution in [2.24, 2.45) is 15.4 Å². The molecule has 0 bridgehead atoms. The first-order valence-electron chi connectivity index (χ1n) is 18.5. The predicted molar refractivity (Wildman–Crippen MR) is 207 cm³/mol. The second kappa shape index (κ2) is 15.4. The molecule has 8 rings (SSSR count). The van der Waals surface area contributed by atoms with Gasteiger partial charge in [0.05, 0.1) is 11.1 Å². The highest BCUT2D eigenvalue weighted by Crippen LogP contribution is 2.51. The van der Waals surface area contributed by atoms with Crippen molar-refractivity contribution in [2.45, 2.75) is 49.5 Å². The zero-order valence-corrected chi connectivity index (χ0v) is 30.4. The summed E-state index contributed by atoms with van der Waals surface area (Å²) in [4.78, 5) is 10.4. The molecule has 4 nitrogen and oxygen atoms in total. The molecular weight excluding hydrogens is 739 g/mol. The molecule has 2 heterocycles. The minimum absolute atomic E-state index is 0.0709. The summed E-state index contributed by atoms with van der Waals surface area (Å²) < 4.78 is 103. The van der Waals surface area contributed by atoms with Crippen molar-refractivity contribution < 1.29 is 35.8 Å². The van der Waals surface area contributed by atoms with Crippen molar-refractivity contribution in [2.75, 3.05) is 0 Å². The van der Waals surface area contributed by atoms with Crippen LogP contribution in [0.2, 0.25) is 0 Å². The Balaban J connectivity index is 1.41. The van der Waals surface area contributed by atoms with Gasteiger partial charge in [0.25, 0.3) is 0 Å². The van der Waals surface area contributed by atoms with Gasteiger partial charge < -0.3 is 9.47 Å². The number of hydrogen-bond acceptors (Lipinski definition) is 4. The van der Waals surface area contributed by atoms with Crippen LogP contribution in [0.25, 0.3) is 0 Å². The van der Waals surface area contributed by atoms with Crippen LogP contribution in [0.1, 0.15) is 68.8 Å². The summed E-state index contributed by atoms with van der Waals surface area (Å²) in [6.45, 7) is 0. The van der Waals surface area contributed by atoms with Crippen molar-refractivity contribution in [3.05, 3.63) is 214 Å². The molecule has 0 radical (unpaired) electrons. The molecule has 0 fully saturated rings. The molecule has 0 spiro atoms. The summed E-state index contributed by atoms with van der Waals surface area (Å²) in [7, 11) is 0. The number of nitrogens with zero attached hydrogens (tertiary/aromatic N) is 2. The van der Waals surface area contributed by atoms with E-state index in [-0.39, 0.29) is 22.9 Å². The monoisotopic (exact) mass is 774 g/mol. The Labute approximate surface area is 326 Å². The van der Waals surface area contributed by atoms with E-state index in [1.165, 1.54) is 36.4 Å². The molecule has 0 aromatic heterocycles. The van der Waals surface area contributed by atoms with Gasteiger partial charge >= 0.3 is 12.4 Å². The van der Waals surface area contributed by atoms with Gasteiger partial charge in [-0.1, -0.05) is 158 Å². The van der Waals surface area contributed by atoms with Crippen LogP contribution in [0.15, 0.2) is 180 Å². The van der Waals surface area contributed by atoms with E-state index in [1.54, 1.807) is 0 Å². The van der Waals surface area contributed by atoms with Gasteiger partial charge in [-0.3, -0.25) is 0 Å². The van der Waals surface area contributed by atoms with Gasteiger partial charge in [0.1, 0.15) is 17.5 Å². The van der Waals surface area contributed by atoms with Crippen molar-refractivity contribution in [1.82, 2.24) is 0 Å². The number of hydrogen-bond donors (Lipinski definition) is 0. The number of rotatable bonds is 10. The third kappa shape index (κ3) is 7.68. The molecule has 4 atom stereocenters. The standard InChI is InChI=1S/C47H36F6N2O2/c48-46(49,50)37-27-15-13-25-35(37)29-45(30-36-26-14-16-28-38(36)47(51,52)53,43-54-39(31-17-5-1-6-18-31)41(56-43)33-21-9-3-10-22-33)44-55-40(32-19-7-2-8-20-32)42(57-44)34-23-11-4-12-24-34/h1-28,39-42H,29-30H2/t39-,40-,41+,42+/m1/s1. The topological polar surface area (TPSA) is 43.2 Å². The molecule has 288 valence electrons. The molecule has 6 aromatic rings. The summed E-state index contributed by atoms with van der Waals surface area (Å²) in [5.74, 6) is -0.142. The second-order valence-corrected chi connectivity index (χ2v) is 14.2. The highest BCUT2D eigenvalue weighted by molar-refractivity contribution is 6.07. The number of halogens is 6. The van der Waals surface area contributed by atoms with E-state index < -0.39 is 66.0 Å². The molecule has 2 aliphatic rings. The predicted octanol–water partition coefficient (Wildman–Crippen LogP) is 12.3. The second-order valence-electron chi connectivity index (χ2n) is 14.2. The van der Waals surface area contributed by atoms with Crippen LogP contribution in [-0.2, 0) is 34.7 Å². The minimum atomic E-state index is -4.79. The van der Waals surface area contributed by atoms with Crippen LogP contribution in [-0.4, -0.2) is 11.8 Å². The van der Waals surface area contributed by atoms with Gasteiger partial charge in [-0.05, 0) is 58.4 Å². The maximum atomic E-state index is 14.9. The number of alkyl halides is 6. The lowest BCUT2D eigenvalue weighted by atomic mass is 9.74. The molecule has 0 aliphatic carbocycles. The van der Waals surface area contributed by atoms with Crippen LogP contribution in [0.5, 0.6) is 0 Å². The van der Waals surface area contributed by atoms with Crippen LogP contribution in [0, 0.1) is 5.41 Å². The molecule has 0 unspecified atom stereocenters. The van der Waals surface area contributed by atoms with Crippen LogP contribution < -0.4 is 0 Å². The van der Waals surface area contributed by atoms with Gasteiger partial charge in [-0.25, -0.2) is 9.98 Å². The minimum Gasteiger partial charge on any atom is -0.469 e.